The number of carbonyl (C=O) groups excluding carboxylic acids is 1. The van der Waals surface area contributed by atoms with E-state index in [1.165, 1.54) is 11.8 Å². The number of rotatable bonds is 4. The summed E-state index contributed by atoms with van der Waals surface area (Å²) in [5.74, 6) is 0.273. The lowest BCUT2D eigenvalue weighted by Gasteiger charge is -2.06. The van der Waals surface area contributed by atoms with E-state index in [-0.39, 0.29) is 5.91 Å². The summed E-state index contributed by atoms with van der Waals surface area (Å²) in [5, 5.41) is 11.2. The Morgan fingerprint density at radius 1 is 1.53 bits per heavy atom. The Morgan fingerprint density at radius 2 is 2.27 bits per heavy atom. The Morgan fingerprint density at radius 3 is 2.93 bits per heavy atom. The Bertz CT molecular complexity index is 384. The van der Waals surface area contributed by atoms with Gasteiger partial charge in [-0.05, 0) is 19.1 Å². The van der Waals surface area contributed by atoms with Crippen LogP contribution in [0.5, 0.6) is 0 Å². The summed E-state index contributed by atoms with van der Waals surface area (Å²) in [7, 11) is 0. The van der Waals surface area contributed by atoms with E-state index in [0.717, 1.165) is 4.90 Å². The van der Waals surface area contributed by atoms with Crippen molar-refractivity contribution in [2.24, 2.45) is 0 Å². The van der Waals surface area contributed by atoms with E-state index < -0.39 is 0 Å². The van der Waals surface area contributed by atoms with Crippen LogP contribution in [0, 0.1) is 11.3 Å². The van der Waals surface area contributed by atoms with Gasteiger partial charge in [-0.25, -0.2) is 0 Å². The highest BCUT2D eigenvalue weighted by molar-refractivity contribution is 7.99. The second-order valence-electron chi connectivity index (χ2n) is 2.80. The summed E-state index contributed by atoms with van der Waals surface area (Å²) in [5.41, 5.74) is 0.639. The predicted molar refractivity (Wildman–Crippen MR) is 60.8 cm³/mol. The van der Waals surface area contributed by atoms with Crippen LogP contribution in [0.3, 0.4) is 0 Å². The molecular weight excluding hydrogens is 208 g/mol. The molecule has 0 unspecified atom stereocenters. The third-order valence-electron chi connectivity index (χ3n) is 1.76. The Kier molecular flexibility index (Phi) is 4.72. The second kappa shape index (κ2) is 6.10. The van der Waals surface area contributed by atoms with Crippen molar-refractivity contribution in [3.8, 4) is 6.07 Å². The largest absolute Gasteiger partial charge is 0.352 e. The zero-order valence-electron chi connectivity index (χ0n) is 8.49. The number of hydrogen-bond donors (Lipinski definition) is 1. The van der Waals surface area contributed by atoms with Crippen molar-refractivity contribution in [3.63, 3.8) is 0 Å². The van der Waals surface area contributed by atoms with Crippen LogP contribution in [-0.2, 0) is 0 Å². The number of carbonyl (C=O) groups is 1. The number of nitrogens with one attached hydrogen (secondary N) is 1. The lowest BCUT2D eigenvalue weighted by molar-refractivity contribution is 0.0953. The zero-order valence-corrected chi connectivity index (χ0v) is 9.30. The number of benzene rings is 1. The van der Waals surface area contributed by atoms with Gasteiger partial charge >= 0.3 is 0 Å². The molecule has 0 fully saturated rings. The lowest BCUT2D eigenvalue weighted by Crippen LogP contribution is -2.23. The van der Waals surface area contributed by atoms with E-state index in [2.05, 4.69) is 5.32 Å². The molecule has 1 amide bonds. The molecule has 0 aliphatic carbocycles. The molecule has 0 aromatic heterocycles. The van der Waals surface area contributed by atoms with Crippen molar-refractivity contribution in [1.82, 2.24) is 5.32 Å². The minimum atomic E-state index is -0.0847. The van der Waals surface area contributed by atoms with Crippen LogP contribution in [0.4, 0.5) is 0 Å². The van der Waals surface area contributed by atoms with E-state index in [4.69, 9.17) is 5.26 Å². The third kappa shape index (κ3) is 3.30. The monoisotopic (exact) mass is 220 g/mol. The molecule has 15 heavy (non-hydrogen) atoms. The van der Waals surface area contributed by atoms with Gasteiger partial charge in [-0.2, -0.15) is 5.26 Å². The fourth-order valence-corrected chi connectivity index (χ4v) is 1.86. The number of amides is 1. The van der Waals surface area contributed by atoms with Gasteiger partial charge in [0.05, 0.1) is 17.4 Å². The molecule has 0 aliphatic rings. The van der Waals surface area contributed by atoms with Gasteiger partial charge in [-0.15, -0.1) is 11.8 Å². The van der Waals surface area contributed by atoms with Crippen LogP contribution < -0.4 is 5.32 Å². The molecule has 1 N–H and O–H groups in total. The zero-order chi connectivity index (χ0) is 11.1. The smallest absolute Gasteiger partial charge is 0.252 e. The van der Waals surface area contributed by atoms with E-state index in [1.807, 2.05) is 31.2 Å². The van der Waals surface area contributed by atoms with Crippen molar-refractivity contribution in [3.05, 3.63) is 29.8 Å². The van der Waals surface area contributed by atoms with E-state index in [1.54, 1.807) is 6.07 Å². The highest BCUT2D eigenvalue weighted by atomic mass is 32.2. The van der Waals surface area contributed by atoms with Crippen LogP contribution in [0.1, 0.15) is 17.3 Å². The van der Waals surface area contributed by atoms with Crippen molar-refractivity contribution < 1.29 is 4.79 Å². The van der Waals surface area contributed by atoms with Crippen LogP contribution >= 0.6 is 11.8 Å². The lowest BCUT2D eigenvalue weighted by atomic mass is 10.2. The maximum Gasteiger partial charge on any atom is 0.252 e. The van der Waals surface area contributed by atoms with Crippen LogP contribution in [0.15, 0.2) is 29.2 Å². The summed E-state index contributed by atoms with van der Waals surface area (Å²) in [6.07, 6.45) is 0. The Hall–Kier alpha value is -1.47. The molecule has 3 nitrogen and oxygen atoms in total. The standard InChI is InChI=1S/C11H12N2OS/c1-2-13-11(14)9-5-3-4-6-10(9)15-8-7-12/h3-6H,2,8H2,1H3,(H,13,14). The van der Waals surface area contributed by atoms with Gasteiger partial charge in [0.2, 0.25) is 0 Å². The van der Waals surface area contributed by atoms with Gasteiger partial charge in [0, 0.05) is 11.4 Å². The molecule has 1 rings (SSSR count). The van der Waals surface area contributed by atoms with Crippen molar-refractivity contribution in [2.45, 2.75) is 11.8 Å². The van der Waals surface area contributed by atoms with E-state index in [9.17, 15) is 4.79 Å². The van der Waals surface area contributed by atoms with Crippen LogP contribution in [0.2, 0.25) is 0 Å². The fraction of sp³-hybridized carbons (Fsp3) is 0.273. The van der Waals surface area contributed by atoms with Crippen molar-refractivity contribution >= 4 is 17.7 Å². The number of hydrogen-bond acceptors (Lipinski definition) is 3. The van der Waals surface area contributed by atoms with Gasteiger partial charge in [0.1, 0.15) is 0 Å². The van der Waals surface area contributed by atoms with Gasteiger partial charge in [-0.1, -0.05) is 12.1 Å². The first kappa shape index (κ1) is 11.6. The normalized spacial score (nSPS) is 9.33. The summed E-state index contributed by atoms with van der Waals surface area (Å²) in [4.78, 5) is 12.5. The molecule has 1 aromatic rings. The van der Waals surface area contributed by atoms with Crippen LogP contribution in [-0.4, -0.2) is 18.2 Å². The minimum absolute atomic E-state index is 0.0847. The molecule has 0 saturated carbocycles. The van der Waals surface area contributed by atoms with Crippen molar-refractivity contribution in [1.29, 1.82) is 5.26 Å². The molecule has 1 aromatic carbocycles. The number of nitrogens with zero attached hydrogens (tertiary/aromatic N) is 1. The van der Waals surface area contributed by atoms with Crippen LogP contribution in [0.25, 0.3) is 0 Å². The highest BCUT2D eigenvalue weighted by Crippen LogP contribution is 2.21. The number of thioether (sulfide) groups is 1. The van der Waals surface area contributed by atoms with Gasteiger partial charge < -0.3 is 5.32 Å². The summed E-state index contributed by atoms with van der Waals surface area (Å²) in [6.45, 7) is 2.49. The van der Waals surface area contributed by atoms with E-state index >= 15 is 0 Å². The maximum atomic E-state index is 11.6. The van der Waals surface area contributed by atoms with Gasteiger partial charge in [0.15, 0.2) is 0 Å². The molecule has 4 heteroatoms. The SMILES string of the molecule is CCNC(=O)c1ccccc1SCC#N. The van der Waals surface area contributed by atoms with E-state index in [0.29, 0.717) is 17.9 Å². The summed E-state index contributed by atoms with van der Waals surface area (Å²) < 4.78 is 0. The molecule has 78 valence electrons. The topological polar surface area (TPSA) is 52.9 Å². The van der Waals surface area contributed by atoms with Gasteiger partial charge in [-0.3, -0.25) is 4.79 Å². The molecule has 0 spiro atoms. The molecule has 0 heterocycles. The summed E-state index contributed by atoms with van der Waals surface area (Å²) >= 11 is 1.38. The first-order valence-electron chi connectivity index (χ1n) is 4.66. The molecular formula is C11H12N2OS. The number of nitriles is 1. The molecule has 0 aliphatic heterocycles. The average molecular weight is 220 g/mol. The fourth-order valence-electron chi connectivity index (χ4n) is 1.15. The minimum Gasteiger partial charge on any atom is -0.352 e. The molecule has 0 radical (unpaired) electrons. The molecule has 0 bridgehead atoms. The molecule has 0 atom stereocenters. The first-order valence-corrected chi connectivity index (χ1v) is 5.65. The van der Waals surface area contributed by atoms with Crippen molar-refractivity contribution in [2.75, 3.05) is 12.3 Å². The average Bonchev–Trinajstić information content (AvgIpc) is 2.27. The first-order chi connectivity index (χ1) is 7.29. The maximum absolute atomic E-state index is 11.6. The third-order valence-corrected chi connectivity index (χ3v) is 2.70. The summed E-state index contributed by atoms with van der Waals surface area (Å²) in [6, 6.07) is 9.35. The Labute approximate surface area is 93.5 Å². The Balaban J connectivity index is 2.86. The van der Waals surface area contributed by atoms with Gasteiger partial charge in [0.25, 0.3) is 5.91 Å². The quantitative estimate of drug-likeness (QED) is 0.790. The highest BCUT2D eigenvalue weighted by Gasteiger charge is 2.09. The predicted octanol–water partition coefficient (Wildman–Crippen LogP) is 2.05. The second-order valence-corrected chi connectivity index (χ2v) is 3.82. The molecule has 0 saturated heterocycles.